The standard InChI is InChI=1S/C16H28N4O4/c1-6-20(10-13(21)19-16(3,4)5)9-12-11(14(22)24-7-2)8-17-15(23)18-12/h6-10H2,1-5H3,(H,19,21)(H2,17,18,23). The number of amides is 3. The zero-order chi connectivity index (χ0) is 18.3. The van der Waals surface area contributed by atoms with Crippen LogP contribution in [0, 0.1) is 0 Å². The van der Waals surface area contributed by atoms with Gasteiger partial charge in [0.1, 0.15) is 0 Å². The van der Waals surface area contributed by atoms with E-state index in [9.17, 15) is 14.4 Å². The largest absolute Gasteiger partial charge is 0.463 e. The number of carbonyl (C=O) groups excluding carboxylic acids is 3. The molecular weight excluding hydrogens is 312 g/mol. The third-order valence-electron chi connectivity index (χ3n) is 3.29. The average molecular weight is 340 g/mol. The molecule has 0 bridgehead atoms. The van der Waals surface area contributed by atoms with Crippen LogP contribution in [0.25, 0.3) is 0 Å². The molecule has 3 N–H and O–H groups in total. The van der Waals surface area contributed by atoms with Crippen LogP contribution in [0.5, 0.6) is 0 Å². The maximum Gasteiger partial charge on any atom is 0.337 e. The third kappa shape index (κ3) is 6.57. The van der Waals surface area contributed by atoms with Gasteiger partial charge in [0.2, 0.25) is 5.91 Å². The van der Waals surface area contributed by atoms with Gasteiger partial charge in [-0.2, -0.15) is 0 Å². The Hall–Kier alpha value is -2.09. The second-order valence-corrected chi connectivity index (χ2v) is 6.59. The average Bonchev–Trinajstić information content (AvgIpc) is 2.44. The summed E-state index contributed by atoms with van der Waals surface area (Å²) in [4.78, 5) is 37.5. The molecule has 1 rings (SSSR count). The molecule has 136 valence electrons. The molecule has 0 saturated carbocycles. The predicted molar refractivity (Wildman–Crippen MR) is 90.2 cm³/mol. The Morgan fingerprint density at radius 3 is 2.50 bits per heavy atom. The highest BCUT2D eigenvalue weighted by atomic mass is 16.5. The highest BCUT2D eigenvalue weighted by molar-refractivity contribution is 5.93. The SMILES string of the molecule is CCOC(=O)C1=C(CN(CC)CC(=O)NC(C)(C)C)NC(=O)NC1. The summed E-state index contributed by atoms with van der Waals surface area (Å²) in [6.45, 7) is 10.8. The molecule has 0 aromatic carbocycles. The highest BCUT2D eigenvalue weighted by Gasteiger charge is 2.25. The minimum atomic E-state index is -0.463. The molecule has 24 heavy (non-hydrogen) atoms. The fourth-order valence-electron chi connectivity index (χ4n) is 2.24. The Balaban J connectivity index is 2.84. The number of likely N-dealkylation sites (N-methyl/N-ethyl adjacent to an activating group) is 1. The summed E-state index contributed by atoms with van der Waals surface area (Å²) in [6, 6.07) is -0.367. The molecule has 0 radical (unpaired) electrons. The van der Waals surface area contributed by atoms with Crippen molar-refractivity contribution in [1.82, 2.24) is 20.9 Å². The van der Waals surface area contributed by atoms with Crippen LogP contribution in [0.1, 0.15) is 34.6 Å². The number of carbonyl (C=O) groups is 3. The first-order valence-corrected chi connectivity index (χ1v) is 8.13. The molecule has 0 aromatic heterocycles. The number of hydrogen-bond acceptors (Lipinski definition) is 5. The fourth-order valence-corrected chi connectivity index (χ4v) is 2.24. The quantitative estimate of drug-likeness (QED) is 0.581. The summed E-state index contributed by atoms with van der Waals surface area (Å²) in [7, 11) is 0. The first kappa shape index (κ1) is 20.0. The minimum absolute atomic E-state index is 0.108. The van der Waals surface area contributed by atoms with Gasteiger partial charge in [-0.05, 0) is 34.2 Å². The van der Waals surface area contributed by atoms with Crippen LogP contribution in [0.15, 0.2) is 11.3 Å². The Morgan fingerprint density at radius 2 is 1.96 bits per heavy atom. The second-order valence-electron chi connectivity index (χ2n) is 6.59. The van der Waals surface area contributed by atoms with Crippen molar-refractivity contribution in [1.29, 1.82) is 0 Å². The molecule has 1 aliphatic rings. The molecule has 0 atom stereocenters. The molecule has 1 heterocycles. The third-order valence-corrected chi connectivity index (χ3v) is 3.29. The lowest BCUT2D eigenvalue weighted by molar-refractivity contribution is -0.138. The van der Waals surface area contributed by atoms with Crippen molar-refractivity contribution in [3.63, 3.8) is 0 Å². The molecule has 3 amide bonds. The van der Waals surface area contributed by atoms with E-state index in [1.54, 1.807) is 6.92 Å². The molecule has 1 aliphatic heterocycles. The van der Waals surface area contributed by atoms with E-state index in [2.05, 4.69) is 16.0 Å². The summed E-state index contributed by atoms with van der Waals surface area (Å²) < 4.78 is 5.02. The van der Waals surface area contributed by atoms with Crippen molar-refractivity contribution in [2.75, 3.05) is 32.8 Å². The molecule has 8 heteroatoms. The van der Waals surface area contributed by atoms with Crippen molar-refractivity contribution in [2.45, 2.75) is 40.2 Å². The van der Waals surface area contributed by atoms with Crippen LogP contribution in [-0.4, -0.2) is 61.1 Å². The molecular formula is C16H28N4O4. The molecule has 0 aromatic rings. The van der Waals surface area contributed by atoms with Crippen molar-refractivity contribution < 1.29 is 19.1 Å². The van der Waals surface area contributed by atoms with Crippen LogP contribution < -0.4 is 16.0 Å². The van der Waals surface area contributed by atoms with Crippen LogP contribution in [0.4, 0.5) is 4.79 Å². The number of esters is 1. The summed E-state index contributed by atoms with van der Waals surface area (Å²) >= 11 is 0. The van der Waals surface area contributed by atoms with Gasteiger partial charge in [0, 0.05) is 17.8 Å². The highest BCUT2D eigenvalue weighted by Crippen LogP contribution is 2.10. The van der Waals surface area contributed by atoms with E-state index in [-0.39, 0.29) is 43.7 Å². The van der Waals surface area contributed by atoms with E-state index < -0.39 is 5.97 Å². The Labute approximate surface area is 143 Å². The number of nitrogens with one attached hydrogen (secondary N) is 3. The van der Waals surface area contributed by atoms with Crippen LogP contribution in [0.2, 0.25) is 0 Å². The van der Waals surface area contributed by atoms with Gasteiger partial charge in [0.15, 0.2) is 0 Å². The number of rotatable bonds is 7. The van der Waals surface area contributed by atoms with Gasteiger partial charge >= 0.3 is 12.0 Å². The topological polar surface area (TPSA) is 99.8 Å². The van der Waals surface area contributed by atoms with Gasteiger partial charge < -0.3 is 20.7 Å². The molecule has 0 unspecified atom stereocenters. The first-order chi connectivity index (χ1) is 11.2. The first-order valence-electron chi connectivity index (χ1n) is 8.13. The monoisotopic (exact) mass is 340 g/mol. The molecule has 8 nitrogen and oxygen atoms in total. The molecule has 0 saturated heterocycles. The zero-order valence-electron chi connectivity index (χ0n) is 15.1. The number of ether oxygens (including phenoxy) is 1. The van der Waals surface area contributed by atoms with Gasteiger partial charge in [-0.3, -0.25) is 9.69 Å². The molecule has 0 fully saturated rings. The summed E-state index contributed by atoms with van der Waals surface area (Å²) in [5.74, 6) is -0.571. The second kappa shape index (κ2) is 8.68. The Morgan fingerprint density at radius 1 is 1.29 bits per heavy atom. The maximum atomic E-state index is 12.1. The zero-order valence-corrected chi connectivity index (χ0v) is 15.1. The lowest BCUT2D eigenvalue weighted by atomic mass is 10.1. The minimum Gasteiger partial charge on any atom is -0.463 e. The van der Waals surface area contributed by atoms with Gasteiger partial charge in [-0.15, -0.1) is 0 Å². The van der Waals surface area contributed by atoms with E-state index in [1.165, 1.54) is 0 Å². The van der Waals surface area contributed by atoms with Crippen LogP contribution >= 0.6 is 0 Å². The molecule has 0 spiro atoms. The van der Waals surface area contributed by atoms with Gasteiger partial charge in [-0.1, -0.05) is 6.92 Å². The normalized spacial score (nSPS) is 15.0. The van der Waals surface area contributed by atoms with Crippen LogP contribution in [-0.2, 0) is 14.3 Å². The van der Waals surface area contributed by atoms with E-state index in [0.29, 0.717) is 17.8 Å². The smallest absolute Gasteiger partial charge is 0.337 e. The predicted octanol–water partition coefficient (Wildman–Crippen LogP) is 0.353. The van der Waals surface area contributed by atoms with Crippen molar-refractivity contribution >= 4 is 17.9 Å². The van der Waals surface area contributed by atoms with Crippen molar-refractivity contribution in [3.8, 4) is 0 Å². The number of urea groups is 1. The van der Waals surface area contributed by atoms with E-state index in [4.69, 9.17) is 4.74 Å². The van der Waals surface area contributed by atoms with Crippen LogP contribution in [0.3, 0.4) is 0 Å². The van der Waals surface area contributed by atoms with Gasteiger partial charge in [0.05, 0.1) is 25.3 Å². The lowest BCUT2D eigenvalue weighted by Gasteiger charge is -2.28. The van der Waals surface area contributed by atoms with Crippen molar-refractivity contribution in [3.05, 3.63) is 11.3 Å². The number of hydrogen-bond donors (Lipinski definition) is 3. The Kier molecular flexibility index (Phi) is 7.21. The lowest BCUT2D eigenvalue weighted by Crippen LogP contribution is -2.49. The van der Waals surface area contributed by atoms with E-state index >= 15 is 0 Å². The van der Waals surface area contributed by atoms with Gasteiger partial charge in [-0.25, -0.2) is 9.59 Å². The van der Waals surface area contributed by atoms with E-state index in [0.717, 1.165) is 0 Å². The Bertz CT molecular complexity index is 523. The van der Waals surface area contributed by atoms with Crippen molar-refractivity contribution in [2.24, 2.45) is 0 Å². The van der Waals surface area contributed by atoms with E-state index in [1.807, 2.05) is 32.6 Å². The number of nitrogens with zero attached hydrogens (tertiary/aromatic N) is 1. The summed E-state index contributed by atoms with van der Waals surface area (Å²) in [6.07, 6.45) is 0. The van der Waals surface area contributed by atoms with Gasteiger partial charge in [0.25, 0.3) is 0 Å². The summed E-state index contributed by atoms with van der Waals surface area (Å²) in [5.41, 5.74) is 0.545. The fraction of sp³-hybridized carbons (Fsp3) is 0.688. The maximum absolute atomic E-state index is 12.1. The molecule has 0 aliphatic carbocycles. The summed E-state index contributed by atoms with van der Waals surface area (Å²) in [5, 5.41) is 8.10.